The van der Waals surface area contributed by atoms with Gasteiger partial charge in [0.15, 0.2) is 0 Å². The maximum atomic E-state index is 12.8. The summed E-state index contributed by atoms with van der Waals surface area (Å²) in [5, 5.41) is 0. The summed E-state index contributed by atoms with van der Waals surface area (Å²) in [6.07, 6.45) is -0.487. The lowest BCUT2D eigenvalue weighted by Crippen LogP contribution is -2.14. The summed E-state index contributed by atoms with van der Waals surface area (Å²) in [7, 11) is 0. The van der Waals surface area contributed by atoms with E-state index < -0.39 is 12.8 Å². The Hall–Kier alpha value is -0.140. The second kappa shape index (κ2) is 4.64. The summed E-state index contributed by atoms with van der Waals surface area (Å²) in [6, 6.07) is 0. The third kappa shape index (κ3) is 3.80. The van der Waals surface area contributed by atoms with Gasteiger partial charge in [-0.05, 0) is 18.3 Å². The highest BCUT2D eigenvalue weighted by Crippen LogP contribution is 2.16. The zero-order valence-electron chi connectivity index (χ0n) is 6.90. The molecule has 0 radical (unpaired) electrons. The van der Waals surface area contributed by atoms with Gasteiger partial charge >= 0.3 is 0 Å². The Labute approximate surface area is 61.6 Å². The molecule has 0 aromatic heterocycles. The molecule has 2 unspecified atom stereocenters. The standard InChI is InChI=1S/C8H16F2/c1-6(2)8(10)4-7(3)5-9/h6-8H,4-5H2,1-3H3. The molecule has 0 saturated carbocycles. The first-order valence-electron chi connectivity index (χ1n) is 3.78. The van der Waals surface area contributed by atoms with Crippen LogP contribution in [0.3, 0.4) is 0 Å². The van der Waals surface area contributed by atoms with Gasteiger partial charge < -0.3 is 0 Å². The molecule has 0 aliphatic rings. The number of halogens is 2. The molecule has 0 rings (SSSR count). The monoisotopic (exact) mass is 150 g/mol. The van der Waals surface area contributed by atoms with Gasteiger partial charge in [0.1, 0.15) is 6.17 Å². The van der Waals surface area contributed by atoms with Crippen molar-refractivity contribution < 1.29 is 8.78 Å². The Morgan fingerprint density at radius 1 is 1.20 bits per heavy atom. The predicted molar refractivity (Wildman–Crippen MR) is 39.5 cm³/mol. The van der Waals surface area contributed by atoms with Crippen molar-refractivity contribution in [3.63, 3.8) is 0 Å². The molecule has 0 aromatic rings. The lowest BCUT2D eigenvalue weighted by molar-refractivity contribution is 0.197. The SMILES string of the molecule is CC(CF)CC(F)C(C)C. The van der Waals surface area contributed by atoms with E-state index in [4.69, 9.17) is 0 Å². The Morgan fingerprint density at radius 3 is 2.00 bits per heavy atom. The maximum absolute atomic E-state index is 12.8. The van der Waals surface area contributed by atoms with E-state index in [0.29, 0.717) is 6.42 Å². The zero-order valence-corrected chi connectivity index (χ0v) is 6.90. The molecule has 2 heteroatoms. The summed E-state index contributed by atoms with van der Waals surface area (Å²) in [5.74, 6) is -0.105. The van der Waals surface area contributed by atoms with Crippen LogP contribution < -0.4 is 0 Å². The van der Waals surface area contributed by atoms with Crippen LogP contribution in [-0.4, -0.2) is 12.8 Å². The second-order valence-corrected chi connectivity index (χ2v) is 3.26. The van der Waals surface area contributed by atoms with Crippen LogP contribution in [0.4, 0.5) is 8.78 Å². The van der Waals surface area contributed by atoms with Crippen LogP contribution in [0.2, 0.25) is 0 Å². The number of rotatable bonds is 4. The average Bonchev–Trinajstić information content (AvgIpc) is 1.87. The van der Waals surface area contributed by atoms with Crippen molar-refractivity contribution in [3.05, 3.63) is 0 Å². The van der Waals surface area contributed by atoms with E-state index in [9.17, 15) is 8.78 Å². The Bertz CT molecular complexity index is 81.3. The van der Waals surface area contributed by atoms with Gasteiger partial charge in [-0.15, -0.1) is 0 Å². The van der Waals surface area contributed by atoms with Crippen molar-refractivity contribution >= 4 is 0 Å². The van der Waals surface area contributed by atoms with Crippen molar-refractivity contribution in [2.75, 3.05) is 6.67 Å². The van der Waals surface area contributed by atoms with Crippen LogP contribution in [0.5, 0.6) is 0 Å². The van der Waals surface area contributed by atoms with Crippen molar-refractivity contribution in [1.82, 2.24) is 0 Å². The summed E-state index contributed by atoms with van der Waals surface area (Å²) >= 11 is 0. The van der Waals surface area contributed by atoms with Gasteiger partial charge in [-0.3, -0.25) is 4.39 Å². The molecule has 0 aliphatic heterocycles. The molecule has 62 valence electrons. The molecule has 0 aliphatic carbocycles. The van der Waals surface area contributed by atoms with E-state index in [2.05, 4.69) is 0 Å². The van der Waals surface area contributed by atoms with Gasteiger partial charge in [-0.2, -0.15) is 0 Å². The van der Waals surface area contributed by atoms with Crippen LogP contribution in [0.1, 0.15) is 27.2 Å². The van der Waals surface area contributed by atoms with Gasteiger partial charge in [0.05, 0.1) is 6.67 Å². The normalized spacial score (nSPS) is 17.4. The van der Waals surface area contributed by atoms with Gasteiger partial charge in [-0.1, -0.05) is 20.8 Å². The minimum absolute atomic E-state index is 0.0222. The van der Waals surface area contributed by atoms with Crippen LogP contribution >= 0.6 is 0 Å². The van der Waals surface area contributed by atoms with E-state index in [1.54, 1.807) is 6.92 Å². The molecular formula is C8H16F2. The third-order valence-electron chi connectivity index (χ3n) is 1.61. The van der Waals surface area contributed by atoms with Gasteiger partial charge in [0.25, 0.3) is 0 Å². The van der Waals surface area contributed by atoms with E-state index in [1.807, 2.05) is 13.8 Å². The molecule has 0 aromatic carbocycles. The van der Waals surface area contributed by atoms with Crippen LogP contribution in [0, 0.1) is 11.8 Å². The molecule has 0 nitrogen and oxygen atoms in total. The van der Waals surface area contributed by atoms with E-state index in [0.717, 1.165) is 0 Å². The largest absolute Gasteiger partial charge is 0.251 e. The molecule has 0 heterocycles. The summed E-state index contributed by atoms with van der Waals surface area (Å²) in [4.78, 5) is 0. The minimum atomic E-state index is -0.842. The molecule has 10 heavy (non-hydrogen) atoms. The van der Waals surface area contributed by atoms with Crippen LogP contribution in [-0.2, 0) is 0 Å². The fraction of sp³-hybridized carbons (Fsp3) is 1.00. The Kier molecular flexibility index (Phi) is 4.58. The molecular weight excluding hydrogens is 134 g/mol. The quantitative estimate of drug-likeness (QED) is 0.578. The lowest BCUT2D eigenvalue weighted by Gasteiger charge is -2.14. The molecule has 0 amide bonds. The summed E-state index contributed by atoms with van der Waals surface area (Å²) in [5.41, 5.74) is 0. The molecule has 0 N–H and O–H groups in total. The highest BCUT2D eigenvalue weighted by atomic mass is 19.1. The first-order valence-corrected chi connectivity index (χ1v) is 3.78. The Morgan fingerprint density at radius 2 is 1.70 bits per heavy atom. The van der Waals surface area contributed by atoms with Crippen molar-refractivity contribution in [2.45, 2.75) is 33.4 Å². The maximum Gasteiger partial charge on any atom is 0.103 e. The number of alkyl halides is 2. The van der Waals surface area contributed by atoms with E-state index >= 15 is 0 Å². The summed E-state index contributed by atoms with van der Waals surface area (Å²) < 4.78 is 24.6. The first-order chi connectivity index (χ1) is 4.57. The lowest BCUT2D eigenvalue weighted by atomic mass is 9.98. The van der Waals surface area contributed by atoms with E-state index in [1.165, 1.54) is 0 Å². The van der Waals surface area contributed by atoms with Gasteiger partial charge in [0.2, 0.25) is 0 Å². The molecule has 0 spiro atoms. The highest BCUT2D eigenvalue weighted by Gasteiger charge is 2.14. The van der Waals surface area contributed by atoms with Crippen molar-refractivity contribution in [2.24, 2.45) is 11.8 Å². The average molecular weight is 150 g/mol. The topological polar surface area (TPSA) is 0 Å². The number of hydrogen-bond donors (Lipinski definition) is 0. The fourth-order valence-corrected chi connectivity index (χ4v) is 0.720. The molecule has 2 atom stereocenters. The van der Waals surface area contributed by atoms with Gasteiger partial charge in [-0.25, -0.2) is 4.39 Å². The zero-order chi connectivity index (χ0) is 8.15. The molecule has 0 fully saturated rings. The van der Waals surface area contributed by atoms with Gasteiger partial charge in [0, 0.05) is 0 Å². The highest BCUT2D eigenvalue weighted by molar-refractivity contribution is 4.64. The van der Waals surface area contributed by atoms with Crippen molar-refractivity contribution in [1.29, 1.82) is 0 Å². The molecule has 0 bridgehead atoms. The third-order valence-corrected chi connectivity index (χ3v) is 1.61. The molecule has 0 saturated heterocycles. The van der Waals surface area contributed by atoms with Crippen LogP contribution in [0.25, 0.3) is 0 Å². The minimum Gasteiger partial charge on any atom is -0.251 e. The second-order valence-electron chi connectivity index (χ2n) is 3.26. The van der Waals surface area contributed by atoms with Crippen LogP contribution in [0.15, 0.2) is 0 Å². The first kappa shape index (κ1) is 9.86. The van der Waals surface area contributed by atoms with E-state index in [-0.39, 0.29) is 11.8 Å². The Balaban J connectivity index is 3.46. The van der Waals surface area contributed by atoms with Crippen molar-refractivity contribution in [3.8, 4) is 0 Å². The summed E-state index contributed by atoms with van der Waals surface area (Å²) in [6.45, 7) is 4.95. The predicted octanol–water partition coefficient (Wildman–Crippen LogP) is 2.98. The smallest absolute Gasteiger partial charge is 0.103 e. The number of hydrogen-bond acceptors (Lipinski definition) is 0. The fourth-order valence-electron chi connectivity index (χ4n) is 0.720.